The van der Waals surface area contributed by atoms with Gasteiger partial charge >= 0.3 is 0 Å². The summed E-state index contributed by atoms with van der Waals surface area (Å²) in [6.07, 6.45) is 28.9. The Morgan fingerprint density at radius 2 is 0.667 bits per heavy atom. The highest BCUT2D eigenvalue weighted by Gasteiger charge is 2.41. The second-order valence-electron chi connectivity index (χ2n) is 13.3. The highest BCUT2D eigenvalue weighted by atomic mass is 15.2. The molecule has 0 heterocycles. The van der Waals surface area contributed by atoms with Gasteiger partial charge in [-0.2, -0.15) is 20.8 Å². The van der Waals surface area contributed by atoms with Gasteiger partial charge in [0, 0.05) is 0 Å². The molecule has 2 atom stereocenters. The second-order valence-corrected chi connectivity index (χ2v) is 13.3. The number of hydrogen-bond donors (Lipinski definition) is 0. The van der Waals surface area contributed by atoms with Gasteiger partial charge in [0.25, 0.3) is 0 Å². The predicted molar refractivity (Wildman–Crippen MR) is 183 cm³/mol. The molecule has 0 spiro atoms. The van der Waals surface area contributed by atoms with Crippen LogP contribution in [0.3, 0.4) is 0 Å². The van der Waals surface area contributed by atoms with Crippen LogP contribution in [-0.4, -0.2) is 12.1 Å². The molecule has 0 radical (unpaired) electrons. The zero-order valence-electron chi connectivity index (χ0n) is 29.3. The van der Waals surface area contributed by atoms with E-state index >= 15 is 0 Å². The van der Waals surface area contributed by atoms with Crippen molar-refractivity contribution in [2.24, 2.45) is 21.1 Å². The summed E-state index contributed by atoms with van der Waals surface area (Å²) >= 11 is 0. The van der Waals surface area contributed by atoms with Gasteiger partial charge in [-0.3, -0.25) is 0 Å². The molecule has 0 fully saturated rings. The first kappa shape index (κ1) is 40.6. The lowest BCUT2D eigenvalue weighted by Gasteiger charge is -2.35. The average molecular weight is 585 g/mol. The van der Waals surface area contributed by atoms with Crippen molar-refractivity contribution in [1.29, 1.82) is 10.5 Å². The van der Waals surface area contributed by atoms with E-state index in [0.717, 1.165) is 89.9 Å². The molecular weight excluding hydrogens is 512 g/mol. The van der Waals surface area contributed by atoms with E-state index in [1.807, 2.05) is 0 Å². The lowest BCUT2D eigenvalue weighted by molar-refractivity contribution is 0.206. The molecule has 4 heteroatoms. The van der Waals surface area contributed by atoms with Gasteiger partial charge in [0.1, 0.15) is 0 Å². The van der Waals surface area contributed by atoms with Crippen LogP contribution in [0.25, 0.3) is 0 Å². The first-order valence-corrected chi connectivity index (χ1v) is 18.7. The van der Waals surface area contributed by atoms with Gasteiger partial charge in [0.15, 0.2) is 0 Å². The molecule has 2 unspecified atom stereocenters. The number of nitrogens with zero attached hydrogens (tertiary/aromatic N) is 4. The van der Waals surface area contributed by atoms with Gasteiger partial charge in [-0.05, 0) is 38.5 Å². The normalized spacial score (nSPS) is 13.7. The van der Waals surface area contributed by atoms with E-state index in [4.69, 9.17) is 10.2 Å². The fourth-order valence-electron chi connectivity index (χ4n) is 6.60. The van der Waals surface area contributed by atoms with Gasteiger partial charge in [-0.25, -0.2) is 0 Å². The maximum absolute atomic E-state index is 10.8. The van der Waals surface area contributed by atoms with Crippen LogP contribution >= 0.6 is 0 Å². The number of unbranched alkanes of at least 4 members (excludes halogenated alkanes) is 14. The summed E-state index contributed by atoms with van der Waals surface area (Å²) in [6.45, 7) is 13.5. The van der Waals surface area contributed by atoms with Gasteiger partial charge in [-0.1, -0.05) is 170 Å². The van der Waals surface area contributed by atoms with E-state index in [1.54, 1.807) is 0 Å². The zero-order chi connectivity index (χ0) is 31.4. The Hall–Kier alpha value is -1.42. The van der Waals surface area contributed by atoms with Crippen LogP contribution in [0.1, 0.15) is 208 Å². The van der Waals surface area contributed by atoms with E-state index in [9.17, 15) is 10.5 Å². The van der Waals surface area contributed by atoms with E-state index in [0.29, 0.717) is 0 Å². The van der Waals surface area contributed by atoms with Crippen LogP contribution in [0.2, 0.25) is 0 Å². The third kappa shape index (κ3) is 16.4. The number of azo groups is 1. The van der Waals surface area contributed by atoms with Crippen molar-refractivity contribution in [3.05, 3.63) is 0 Å². The molecule has 0 bridgehead atoms. The quantitative estimate of drug-likeness (QED) is 0.0622. The van der Waals surface area contributed by atoms with Crippen molar-refractivity contribution >= 4 is 0 Å². The maximum Gasteiger partial charge on any atom is 0.0894 e. The fourth-order valence-corrected chi connectivity index (χ4v) is 6.60. The van der Waals surface area contributed by atoms with Crippen molar-refractivity contribution < 1.29 is 0 Å². The summed E-state index contributed by atoms with van der Waals surface area (Å²) in [5.74, 6) is 0. The standard InChI is InChI=1S/C38H72N4/c1-7-13-19-23-29-37(33-39,30-24-20-14-8-2)35(27-17-11-5)41-42-36(28-18-12-6)38(34-40,31-25-21-15-9-3)32-26-22-16-10-4/h35-36H,7-32H2,1-6H3. The van der Waals surface area contributed by atoms with Crippen LogP contribution in [0, 0.1) is 33.5 Å². The Bertz CT molecular complexity index is 632. The molecule has 4 nitrogen and oxygen atoms in total. The van der Waals surface area contributed by atoms with E-state index in [2.05, 4.69) is 53.7 Å². The van der Waals surface area contributed by atoms with Gasteiger partial charge in [-0.15, -0.1) is 0 Å². The molecule has 0 N–H and O–H groups in total. The summed E-state index contributed by atoms with van der Waals surface area (Å²) < 4.78 is 0. The number of nitriles is 2. The molecule has 244 valence electrons. The Labute approximate surface area is 263 Å². The summed E-state index contributed by atoms with van der Waals surface area (Å²) in [6, 6.07) is 5.62. The minimum absolute atomic E-state index is 0.0635. The van der Waals surface area contributed by atoms with Crippen molar-refractivity contribution in [3.63, 3.8) is 0 Å². The SMILES string of the molecule is CCCCCCC(C#N)(CCCCCC)C(CCCC)N=NC(CCCC)C(C#N)(CCCCCC)CCCCCC. The third-order valence-corrected chi connectivity index (χ3v) is 9.63. The van der Waals surface area contributed by atoms with Gasteiger partial charge < -0.3 is 0 Å². The smallest absolute Gasteiger partial charge is 0.0894 e. The summed E-state index contributed by atoms with van der Waals surface area (Å²) in [7, 11) is 0. The monoisotopic (exact) mass is 585 g/mol. The molecular formula is C38H72N4. The third-order valence-electron chi connectivity index (χ3n) is 9.63. The van der Waals surface area contributed by atoms with E-state index in [-0.39, 0.29) is 12.1 Å². The highest BCUT2D eigenvalue weighted by Crippen LogP contribution is 2.42. The summed E-state index contributed by atoms with van der Waals surface area (Å²) in [5.41, 5.74) is -0.875. The van der Waals surface area contributed by atoms with Crippen LogP contribution < -0.4 is 0 Å². The molecule has 0 aromatic rings. The van der Waals surface area contributed by atoms with Crippen molar-refractivity contribution in [2.75, 3.05) is 0 Å². The van der Waals surface area contributed by atoms with E-state index in [1.165, 1.54) is 77.0 Å². The fraction of sp³-hybridized carbons (Fsp3) is 0.947. The van der Waals surface area contributed by atoms with Crippen molar-refractivity contribution in [3.8, 4) is 12.1 Å². The van der Waals surface area contributed by atoms with E-state index < -0.39 is 10.8 Å². The highest BCUT2D eigenvalue weighted by molar-refractivity contribution is 5.08. The Morgan fingerprint density at radius 3 is 0.881 bits per heavy atom. The first-order chi connectivity index (χ1) is 20.5. The molecule has 0 rings (SSSR count). The molecule has 0 amide bonds. The lowest BCUT2D eigenvalue weighted by atomic mass is 9.71. The Balaban J connectivity index is 6.44. The van der Waals surface area contributed by atoms with Gasteiger partial charge in [0.05, 0.1) is 35.1 Å². The summed E-state index contributed by atoms with van der Waals surface area (Å²) in [5, 5.41) is 32.0. The zero-order valence-corrected chi connectivity index (χ0v) is 29.3. The molecule has 0 aliphatic rings. The molecule has 0 aliphatic carbocycles. The molecule has 0 saturated carbocycles. The van der Waals surface area contributed by atoms with Crippen LogP contribution in [0.15, 0.2) is 10.2 Å². The van der Waals surface area contributed by atoms with Gasteiger partial charge in [0.2, 0.25) is 0 Å². The number of hydrogen-bond acceptors (Lipinski definition) is 4. The molecule has 42 heavy (non-hydrogen) atoms. The lowest BCUT2D eigenvalue weighted by Crippen LogP contribution is -2.35. The van der Waals surface area contributed by atoms with Crippen molar-refractivity contribution in [1.82, 2.24) is 0 Å². The average Bonchev–Trinajstić information content (AvgIpc) is 3.01. The van der Waals surface area contributed by atoms with Crippen molar-refractivity contribution in [2.45, 2.75) is 221 Å². The van der Waals surface area contributed by atoms with Crippen LogP contribution in [0.4, 0.5) is 0 Å². The molecule has 0 saturated heterocycles. The largest absolute Gasteiger partial charge is 0.198 e. The minimum atomic E-state index is -0.437. The predicted octanol–water partition coefficient (Wildman–Crippen LogP) is 13.5. The maximum atomic E-state index is 10.8. The molecule has 0 aromatic heterocycles. The Kier molecular flexibility index (Phi) is 26.2. The first-order valence-electron chi connectivity index (χ1n) is 18.7. The second kappa shape index (κ2) is 27.2. The van der Waals surface area contributed by atoms with Crippen LogP contribution in [-0.2, 0) is 0 Å². The van der Waals surface area contributed by atoms with Crippen LogP contribution in [0.5, 0.6) is 0 Å². The Morgan fingerprint density at radius 1 is 0.405 bits per heavy atom. The summed E-state index contributed by atoms with van der Waals surface area (Å²) in [4.78, 5) is 0. The number of rotatable bonds is 30. The molecule has 0 aromatic carbocycles. The molecule has 0 aliphatic heterocycles. The topological polar surface area (TPSA) is 72.3 Å². The minimum Gasteiger partial charge on any atom is -0.198 e.